The predicted octanol–water partition coefficient (Wildman–Crippen LogP) is 4.73. The van der Waals surface area contributed by atoms with Crippen molar-refractivity contribution in [3.8, 4) is 34.6 Å². The Morgan fingerprint density at radius 3 is 2.62 bits per heavy atom. The highest BCUT2D eigenvalue weighted by molar-refractivity contribution is 5.95. The van der Waals surface area contributed by atoms with Gasteiger partial charge in [-0.3, -0.25) is 14.4 Å². The minimum Gasteiger partial charge on any atom is -0.493 e. The first kappa shape index (κ1) is 31.2. The van der Waals surface area contributed by atoms with Crippen LogP contribution < -0.4 is 24.8 Å². The van der Waals surface area contributed by atoms with Gasteiger partial charge in [-0.1, -0.05) is 32.0 Å². The zero-order chi connectivity index (χ0) is 31.9. The van der Waals surface area contributed by atoms with Gasteiger partial charge in [0.2, 0.25) is 17.7 Å². The van der Waals surface area contributed by atoms with E-state index in [1.165, 1.54) is 11.0 Å². The van der Waals surface area contributed by atoms with Gasteiger partial charge in [0.15, 0.2) is 17.3 Å². The highest BCUT2D eigenvalue weighted by Crippen LogP contribution is 2.33. The standard InChI is InChI=1S/C33H36N4O8/c1-20(2)30-31(39)34-18-24-21(3)43-32(35-24)22-11-12-25(41-4)27(17-22)42-16-8-15-37(19-28(38)36-30)33(40)26-13-14-29(45-26)44-23-9-6-5-7-10-23/h5-7,9-14,17,20,30H,8,15-16,18-19H2,1-4H3,(H,34,39)(H,36,38)/t30-/m0/s1. The molecule has 1 atom stereocenters. The first-order valence-electron chi connectivity index (χ1n) is 14.7. The number of hydrogen-bond donors (Lipinski definition) is 2. The molecule has 1 aliphatic rings. The van der Waals surface area contributed by atoms with Crippen LogP contribution in [0, 0.1) is 12.8 Å². The lowest BCUT2D eigenvalue weighted by Gasteiger charge is -2.25. The number of furan rings is 1. The minimum atomic E-state index is -0.845. The Hall–Kier alpha value is -5.26. The summed E-state index contributed by atoms with van der Waals surface area (Å²) in [6.45, 7) is 5.58. The van der Waals surface area contributed by atoms with Crippen LogP contribution in [0.15, 0.2) is 69.5 Å². The summed E-state index contributed by atoms with van der Waals surface area (Å²) in [6, 6.07) is 16.5. The van der Waals surface area contributed by atoms with Gasteiger partial charge in [0.25, 0.3) is 11.9 Å². The van der Waals surface area contributed by atoms with Crippen molar-refractivity contribution in [3.63, 3.8) is 0 Å². The van der Waals surface area contributed by atoms with Crippen molar-refractivity contribution in [1.82, 2.24) is 20.5 Å². The molecule has 12 nitrogen and oxygen atoms in total. The maximum absolute atomic E-state index is 13.6. The van der Waals surface area contributed by atoms with E-state index in [1.54, 1.807) is 44.4 Å². The Morgan fingerprint density at radius 2 is 1.87 bits per heavy atom. The number of nitrogens with one attached hydrogen (secondary N) is 2. The zero-order valence-electron chi connectivity index (χ0n) is 25.6. The molecule has 236 valence electrons. The van der Waals surface area contributed by atoms with Crippen molar-refractivity contribution >= 4 is 17.7 Å². The van der Waals surface area contributed by atoms with Gasteiger partial charge in [0, 0.05) is 18.2 Å². The summed E-state index contributed by atoms with van der Waals surface area (Å²) in [5, 5.41) is 5.64. The lowest BCUT2D eigenvalue weighted by molar-refractivity contribution is -0.130. The number of benzene rings is 2. The van der Waals surface area contributed by atoms with Crippen LogP contribution in [0.5, 0.6) is 23.2 Å². The molecule has 0 fully saturated rings. The van der Waals surface area contributed by atoms with Gasteiger partial charge >= 0.3 is 0 Å². The van der Waals surface area contributed by atoms with Gasteiger partial charge in [-0.25, -0.2) is 4.98 Å². The summed E-state index contributed by atoms with van der Waals surface area (Å²) in [5.74, 6) is 0.961. The molecule has 0 aliphatic carbocycles. The smallest absolute Gasteiger partial charge is 0.290 e. The third-order valence-corrected chi connectivity index (χ3v) is 7.20. The fourth-order valence-electron chi connectivity index (χ4n) is 4.79. The van der Waals surface area contributed by atoms with E-state index in [2.05, 4.69) is 15.6 Å². The van der Waals surface area contributed by atoms with Crippen LogP contribution >= 0.6 is 0 Å². The molecule has 12 heteroatoms. The molecule has 2 N–H and O–H groups in total. The molecule has 4 aromatic rings. The third kappa shape index (κ3) is 7.64. The second-order valence-electron chi connectivity index (χ2n) is 10.9. The van der Waals surface area contributed by atoms with E-state index in [1.807, 2.05) is 38.1 Å². The maximum Gasteiger partial charge on any atom is 0.290 e. The first-order valence-corrected chi connectivity index (χ1v) is 14.7. The lowest BCUT2D eigenvalue weighted by Crippen LogP contribution is -2.52. The molecule has 0 radical (unpaired) electrons. The van der Waals surface area contributed by atoms with Crippen LogP contribution in [-0.2, 0) is 16.1 Å². The van der Waals surface area contributed by atoms with Crippen LogP contribution in [0.3, 0.4) is 0 Å². The van der Waals surface area contributed by atoms with Crippen molar-refractivity contribution in [2.24, 2.45) is 5.92 Å². The summed E-state index contributed by atoms with van der Waals surface area (Å²) >= 11 is 0. The molecule has 4 bridgehead atoms. The van der Waals surface area contributed by atoms with Gasteiger partial charge < -0.3 is 38.6 Å². The second kappa shape index (κ2) is 14.0. The molecule has 3 amide bonds. The first-order chi connectivity index (χ1) is 21.7. The number of aryl methyl sites for hydroxylation is 1. The number of amides is 3. The molecule has 3 heterocycles. The fourth-order valence-corrected chi connectivity index (χ4v) is 4.79. The largest absolute Gasteiger partial charge is 0.493 e. The van der Waals surface area contributed by atoms with Crippen molar-refractivity contribution in [3.05, 3.63) is 77.9 Å². The number of rotatable bonds is 5. The topological polar surface area (TPSA) is 145 Å². The van der Waals surface area contributed by atoms with E-state index in [4.69, 9.17) is 23.0 Å². The number of ether oxygens (including phenoxy) is 3. The molecule has 0 spiro atoms. The lowest BCUT2D eigenvalue weighted by atomic mass is 10.0. The maximum atomic E-state index is 13.6. The Kier molecular flexibility index (Phi) is 9.71. The summed E-state index contributed by atoms with van der Waals surface area (Å²) in [5.41, 5.74) is 1.22. The van der Waals surface area contributed by atoms with Crippen molar-refractivity contribution in [1.29, 1.82) is 0 Å². The second-order valence-corrected chi connectivity index (χ2v) is 10.9. The summed E-state index contributed by atoms with van der Waals surface area (Å²) in [7, 11) is 1.54. The zero-order valence-corrected chi connectivity index (χ0v) is 25.6. The quantitative estimate of drug-likeness (QED) is 0.325. The Balaban J connectivity index is 1.40. The van der Waals surface area contributed by atoms with E-state index in [0.29, 0.717) is 46.6 Å². The van der Waals surface area contributed by atoms with E-state index in [9.17, 15) is 14.4 Å². The molecular formula is C33H36N4O8. The van der Waals surface area contributed by atoms with Gasteiger partial charge in [0.05, 0.1) is 26.8 Å². The highest BCUT2D eigenvalue weighted by Gasteiger charge is 2.28. The average molecular weight is 617 g/mol. The fraction of sp³-hybridized carbons (Fsp3) is 0.333. The number of carbonyl (C=O) groups excluding carboxylic acids is 3. The van der Waals surface area contributed by atoms with Crippen LogP contribution in [0.4, 0.5) is 0 Å². The molecule has 2 aromatic heterocycles. The van der Waals surface area contributed by atoms with Crippen LogP contribution in [0.1, 0.15) is 42.3 Å². The number of fused-ring (bicyclic) bond motifs is 5. The Morgan fingerprint density at radius 1 is 1.07 bits per heavy atom. The van der Waals surface area contributed by atoms with Gasteiger partial charge in [-0.2, -0.15) is 0 Å². The van der Waals surface area contributed by atoms with Gasteiger partial charge in [-0.15, -0.1) is 0 Å². The third-order valence-electron chi connectivity index (χ3n) is 7.20. The number of para-hydroxylation sites is 1. The van der Waals surface area contributed by atoms with Crippen LogP contribution in [0.25, 0.3) is 11.5 Å². The minimum absolute atomic E-state index is 0.00390. The molecule has 0 unspecified atom stereocenters. The van der Waals surface area contributed by atoms with Gasteiger partial charge in [-0.05, 0) is 55.7 Å². The number of nitrogens with zero attached hydrogens (tertiary/aromatic N) is 2. The molecule has 0 saturated carbocycles. The monoisotopic (exact) mass is 616 g/mol. The van der Waals surface area contributed by atoms with E-state index >= 15 is 0 Å². The van der Waals surface area contributed by atoms with E-state index in [-0.39, 0.29) is 49.8 Å². The summed E-state index contributed by atoms with van der Waals surface area (Å²) < 4.78 is 28.8. The van der Waals surface area contributed by atoms with E-state index in [0.717, 1.165) is 0 Å². The SMILES string of the molecule is COc1ccc2cc1OCCCN(C(=O)c1ccc(Oc3ccccc3)o1)CC(=O)N[C@@H](C(C)C)C(=O)NCc1nc-2oc1C. The van der Waals surface area contributed by atoms with Crippen LogP contribution in [0.2, 0.25) is 0 Å². The number of aromatic nitrogens is 1. The Bertz CT molecular complexity index is 1650. The molecule has 0 saturated heterocycles. The predicted molar refractivity (Wildman–Crippen MR) is 163 cm³/mol. The number of carbonyl (C=O) groups is 3. The van der Waals surface area contributed by atoms with E-state index < -0.39 is 17.9 Å². The molecule has 5 rings (SSSR count). The Labute approximate surface area is 260 Å². The molecule has 2 aromatic carbocycles. The summed E-state index contributed by atoms with van der Waals surface area (Å²) in [4.78, 5) is 46.0. The van der Waals surface area contributed by atoms with Crippen molar-refractivity contribution in [2.75, 3.05) is 26.8 Å². The van der Waals surface area contributed by atoms with Crippen molar-refractivity contribution < 1.29 is 37.4 Å². The highest BCUT2D eigenvalue weighted by atomic mass is 16.6. The molecule has 45 heavy (non-hydrogen) atoms. The normalized spacial score (nSPS) is 16.2. The van der Waals surface area contributed by atoms with Gasteiger partial charge in [0.1, 0.15) is 23.2 Å². The van der Waals surface area contributed by atoms with Crippen LogP contribution in [-0.4, -0.2) is 60.5 Å². The average Bonchev–Trinajstić information content (AvgIpc) is 3.65. The number of hydrogen-bond acceptors (Lipinski definition) is 9. The molecular weight excluding hydrogens is 580 g/mol. The molecule has 1 aliphatic heterocycles. The van der Waals surface area contributed by atoms with Crippen molar-refractivity contribution in [2.45, 2.75) is 39.8 Å². The number of oxazole rings is 1. The number of methoxy groups -OCH3 is 1. The summed E-state index contributed by atoms with van der Waals surface area (Å²) in [6.07, 6.45) is 0.372.